The van der Waals surface area contributed by atoms with E-state index in [-0.39, 0.29) is 5.41 Å². The Bertz CT molecular complexity index is 418. The molecule has 0 radical (unpaired) electrons. The van der Waals surface area contributed by atoms with Crippen LogP contribution in [-0.4, -0.2) is 26.8 Å². The third-order valence-corrected chi connectivity index (χ3v) is 3.94. The summed E-state index contributed by atoms with van der Waals surface area (Å²) in [5.41, 5.74) is 0.668. The fraction of sp³-hybridized carbons (Fsp3) is 0.571. The van der Waals surface area contributed by atoms with Crippen LogP contribution in [0.2, 0.25) is 0 Å². The molecule has 18 heavy (non-hydrogen) atoms. The average molecular weight is 255 g/mol. The van der Waals surface area contributed by atoms with Gasteiger partial charge in [-0.25, -0.2) is 8.78 Å². The molecule has 1 N–H and O–H groups in total. The molecule has 1 unspecified atom stereocenters. The van der Waals surface area contributed by atoms with Crippen molar-refractivity contribution in [1.29, 1.82) is 0 Å². The summed E-state index contributed by atoms with van der Waals surface area (Å²) >= 11 is 0. The summed E-state index contributed by atoms with van der Waals surface area (Å²) in [5, 5.41) is 3.16. The Hall–Kier alpha value is -1.00. The third-order valence-electron chi connectivity index (χ3n) is 3.94. The third kappa shape index (κ3) is 2.15. The van der Waals surface area contributed by atoms with Crippen LogP contribution < -0.4 is 5.32 Å². The highest BCUT2D eigenvalue weighted by Crippen LogP contribution is 2.41. The van der Waals surface area contributed by atoms with Crippen LogP contribution in [0.4, 0.5) is 8.78 Å². The molecule has 1 aromatic rings. The summed E-state index contributed by atoms with van der Waals surface area (Å²) in [5.74, 6) is -1.21. The van der Waals surface area contributed by atoms with E-state index in [1.54, 1.807) is 6.07 Å². The van der Waals surface area contributed by atoms with Crippen LogP contribution in [0.5, 0.6) is 0 Å². The fourth-order valence-corrected chi connectivity index (χ4v) is 2.74. The molecular formula is C14H19F2NO. The zero-order chi connectivity index (χ0) is 13.2. The quantitative estimate of drug-likeness (QED) is 0.872. The van der Waals surface area contributed by atoms with Gasteiger partial charge < -0.3 is 10.1 Å². The van der Waals surface area contributed by atoms with Gasteiger partial charge in [0, 0.05) is 5.41 Å². The van der Waals surface area contributed by atoms with Crippen molar-refractivity contribution in [3.63, 3.8) is 0 Å². The zero-order valence-corrected chi connectivity index (χ0v) is 10.8. The van der Waals surface area contributed by atoms with E-state index in [4.69, 9.17) is 4.74 Å². The molecule has 1 heterocycles. The highest BCUT2D eigenvalue weighted by atomic mass is 19.2. The lowest BCUT2D eigenvalue weighted by atomic mass is 9.67. The highest BCUT2D eigenvalue weighted by Gasteiger charge is 2.46. The van der Waals surface area contributed by atoms with Gasteiger partial charge in [-0.2, -0.15) is 0 Å². The van der Waals surface area contributed by atoms with Gasteiger partial charge in [-0.15, -0.1) is 0 Å². The second kappa shape index (κ2) is 5.33. The Morgan fingerprint density at radius 1 is 1.33 bits per heavy atom. The predicted molar refractivity (Wildman–Crippen MR) is 66.6 cm³/mol. The van der Waals surface area contributed by atoms with Gasteiger partial charge in [-0.3, -0.25) is 0 Å². The molecule has 4 heteroatoms. The minimum Gasteiger partial charge on any atom is -0.379 e. The van der Waals surface area contributed by atoms with Crippen LogP contribution in [0, 0.1) is 17.6 Å². The number of hydrogen-bond donors (Lipinski definition) is 1. The summed E-state index contributed by atoms with van der Waals surface area (Å²) in [6.07, 6.45) is 0.975. The van der Waals surface area contributed by atoms with Crippen LogP contribution in [0.15, 0.2) is 18.2 Å². The van der Waals surface area contributed by atoms with Crippen LogP contribution >= 0.6 is 0 Å². The standard InChI is InChI=1S/C14H19F2NO/c1-3-10(7-17-2)14(8-18-9-14)11-4-5-12(15)13(16)6-11/h4-6,10,17H,3,7-9H2,1-2H3. The second-order valence-electron chi connectivity index (χ2n) is 4.94. The molecule has 1 saturated heterocycles. The molecule has 0 saturated carbocycles. The van der Waals surface area contributed by atoms with Crippen molar-refractivity contribution in [3.05, 3.63) is 35.4 Å². The van der Waals surface area contributed by atoms with Crippen molar-refractivity contribution in [2.45, 2.75) is 18.8 Å². The molecule has 0 spiro atoms. The molecule has 2 nitrogen and oxygen atoms in total. The fourth-order valence-electron chi connectivity index (χ4n) is 2.74. The smallest absolute Gasteiger partial charge is 0.159 e. The minimum atomic E-state index is -0.796. The number of rotatable bonds is 5. The van der Waals surface area contributed by atoms with E-state index in [1.807, 2.05) is 7.05 Å². The van der Waals surface area contributed by atoms with Crippen molar-refractivity contribution in [2.75, 3.05) is 26.8 Å². The molecule has 1 aromatic carbocycles. The molecule has 1 atom stereocenters. The number of nitrogens with one attached hydrogen (secondary N) is 1. The van der Waals surface area contributed by atoms with Gasteiger partial charge in [0.25, 0.3) is 0 Å². The summed E-state index contributed by atoms with van der Waals surface area (Å²) in [6, 6.07) is 4.20. The van der Waals surface area contributed by atoms with Gasteiger partial charge in [0.1, 0.15) is 0 Å². The van der Waals surface area contributed by atoms with Crippen molar-refractivity contribution in [1.82, 2.24) is 5.32 Å². The average Bonchev–Trinajstić information content (AvgIpc) is 2.31. The van der Waals surface area contributed by atoms with Gasteiger partial charge in [-0.05, 0) is 37.2 Å². The monoisotopic (exact) mass is 255 g/mol. The number of ether oxygens (including phenoxy) is 1. The first-order chi connectivity index (χ1) is 8.64. The Morgan fingerprint density at radius 2 is 2.06 bits per heavy atom. The first-order valence-corrected chi connectivity index (χ1v) is 6.32. The maximum absolute atomic E-state index is 13.4. The summed E-state index contributed by atoms with van der Waals surface area (Å²) in [4.78, 5) is 0. The summed E-state index contributed by atoms with van der Waals surface area (Å²) in [6.45, 7) is 4.12. The highest BCUT2D eigenvalue weighted by molar-refractivity contribution is 5.30. The van der Waals surface area contributed by atoms with Crippen LogP contribution in [-0.2, 0) is 10.2 Å². The molecular weight excluding hydrogens is 236 g/mol. The van der Waals surface area contributed by atoms with Gasteiger partial charge in [0.05, 0.1) is 13.2 Å². The maximum atomic E-state index is 13.4. The Kier molecular flexibility index (Phi) is 3.97. The van der Waals surface area contributed by atoms with E-state index < -0.39 is 11.6 Å². The second-order valence-corrected chi connectivity index (χ2v) is 4.94. The number of hydrogen-bond acceptors (Lipinski definition) is 2. The van der Waals surface area contributed by atoms with E-state index in [1.165, 1.54) is 12.1 Å². The normalized spacial score (nSPS) is 19.3. The molecule has 100 valence electrons. The predicted octanol–water partition coefficient (Wildman–Crippen LogP) is 2.48. The van der Waals surface area contributed by atoms with Crippen molar-refractivity contribution >= 4 is 0 Å². The van der Waals surface area contributed by atoms with Crippen molar-refractivity contribution in [2.24, 2.45) is 5.92 Å². The van der Waals surface area contributed by atoms with E-state index in [0.717, 1.165) is 18.5 Å². The Morgan fingerprint density at radius 3 is 2.50 bits per heavy atom. The van der Waals surface area contributed by atoms with E-state index in [9.17, 15) is 8.78 Å². The molecule has 1 fully saturated rings. The summed E-state index contributed by atoms with van der Waals surface area (Å²) in [7, 11) is 1.90. The van der Waals surface area contributed by atoms with Crippen LogP contribution in [0.1, 0.15) is 18.9 Å². The SMILES string of the molecule is CCC(CNC)C1(c2ccc(F)c(F)c2)COC1. The van der Waals surface area contributed by atoms with E-state index in [0.29, 0.717) is 19.1 Å². The van der Waals surface area contributed by atoms with Crippen molar-refractivity contribution in [3.8, 4) is 0 Å². The maximum Gasteiger partial charge on any atom is 0.159 e. The van der Waals surface area contributed by atoms with Gasteiger partial charge in [-0.1, -0.05) is 19.4 Å². The molecule has 2 rings (SSSR count). The first-order valence-electron chi connectivity index (χ1n) is 6.32. The molecule has 1 aliphatic rings. The number of benzene rings is 1. The van der Waals surface area contributed by atoms with Crippen LogP contribution in [0.25, 0.3) is 0 Å². The molecule has 0 bridgehead atoms. The first kappa shape index (κ1) is 13.4. The molecule has 0 aromatic heterocycles. The zero-order valence-electron chi connectivity index (χ0n) is 10.8. The van der Waals surface area contributed by atoms with Gasteiger partial charge in [0.2, 0.25) is 0 Å². The molecule has 0 aliphatic carbocycles. The van der Waals surface area contributed by atoms with Gasteiger partial charge >= 0.3 is 0 Å². The molecule has 1 aliphatic heterocycles. The lowest BCUT2D eigenvalue weighted by Gasteiger charge is -2.47. The lowest BCUT2D eigenvalue weighted by Crippen LogP contribution is -2.54. The van der Waals surface area contributed by atoms with Crippen LogP contribution in [0.3, 0.4) is 0 Å². The summed E-state index contributed by atoms with van der Waals surface area (Å²) < 4.78 is 31.8. The Labute approximate surface area is 106 Å². The number of halogens is 2. The van der Waals surface area contributed by atoms with Crippen molar-refractivity contribution < 1.29 is 13.5 Å². The largest absolute Gasteiger partial charge is 0.379 e. The topological polar surface area (TPSA) is 21.3 Å². The Balaban J connectivity index is 2.33. The molecule has 0 amide bonds. The van der Waals surface area contributed by atoms with E-state index >= 15 is 0 Å². The van der Waals surface area contributed by atoms with E-state index in [2.05, 4.69) is 12.2 Å². The minimum absolute atomic E-state index is 0.174. The van der Waals surface area contributed by atoms with Gasteiger partial charge in [0.15, 0.2) is 11.6 Å². The lowest BCUT2D eigenvalue weighted by molar-refractivity contribution is -0.0911.